The van der Waals surface area contributed by atoms with Crippen molar-refractivity contribution >= 4 is 7.82 Å². The smallest absolute Gasteiger partial charge is 0.469 e. The maximum absolute atomic E-state index is 13.7. The molecular formula is C27H31F3NO6P. The predicted octanol–water partition coefficient (Wildman–Crippen LogP) is 5.12. The molecule has 0 aliphatic carbocycles. The molecule has 1 unspecified atom stereocenters. The summed E-state index contributed by atoms with van der Waals surface area (Å²) in [4.78, 5) is 17.7. The van der Waals surface area contributed by atoms with Gasteiger partial charge in [0.25, 0.3) is 0 Å². The lowest BCUT2D eigenvalue weighted by atomic mass is 9.93. The van der Waals surface area contributed by atoms with E-state index in [9.17, 15) is 22.8 Å². The van der Waals surface area contributed by atoms with E-state index in [1.54, 1.807) is 0 Å². The first-order chi connectivity index (χ1) is 17.9. The van der Waals surface area contributed by atoms with Gasteiger partial charge in [0, 0.05) is 0 Å². The highest BCUT2D eigenvalue weighted by Crippen LogP contribution is 2.38. The number of benzene rings is 3. The number of hydrogen-bond donors (Lipinski definition) is 4. The maximum atomic E-state index is 13.7. The third-order valence-electron chi connectivity index (χ3n) is 6.02. The summed E-state index contributed by atoms with van der Waals surface area (Å²) >= 11 is 0. The van der Waals surface area contributed by atoms with Crippen LogP contribution in [0.5, 0.6) is 5.75 Å². The molecule has 38 heavy (non-hydrogen) atoms. The highest BCUT2D eigenvalue weighted by Gasteiger charge is 2.35. The van der Waals surface area contributed by atoms with Crippen LogP contribution in [-0.2, 0) is 28.1 Å². The van der Waals surface area contributed by atoms with Gasteiger partial charge in [0.1, 0.15) is 5.75 Å². The molecule has 0 amide bonds. The van der Waals surface area contributed by atoms with Crippen LogP contribution in [-0.4, -0.2) is 40.3 Å². The van der Waals surface area contributed by atoms with E-state index >= 15 is 0 Å². The van der Waals surface area contributed by atoms with Crippen LogP contribution in [0.4, 0.5) is 13.2 Å². The maximum Gasteiger partial charge on any atom is 0.469 e. The summed E-state index contributed by atoms with van der Waals surface area (Å²) in [6.07, 6.45) is -3.53. The lowest BCUT2D eigenvalue weighted by Crippen LogP contribution is -2.48. The number of halogens is 3. The molecule has 0 fully saturated rings. The van der Waals surface area contributed by atoms with E-state index in [0.29, 0.717) is 12.8 Å². The van der Waals surface area contributed by atoms with Gasteiger partial charge in [-0.2, -0.15) is 13.2 Å². The first kappa shape index (κ1) is 29.8. The molecule has 11 heteroatoms. The molecule has 1 atom stereocenters. The number of aliphatic hydroxyl groups excluding tert-OH is 1. The van der Waals surface area contributed by atoms with Gasteiger partial charge < -0.3 is 25.4 Å². The summed E-state index contributed by atoms with van der Waals surface area (Å²) in [5.41, 5.74) is 6.97. The number of aliphatic hydroxyl groups is 1. The van der Waals surface area contributed by atoms with Crippen molar-refractivity contribution in [3.05, 3.63) is 89.5 Å². The van der Waals surface area contributed by atoms with Gasteiger partial charge in [-0.1, -0.05) is 60.7 Å². The molecule has 0 aliphatic rings. The van der Waals surface area contributed by atoms with E-state index < -0.39 is 38.3 Å². The van der Waals surface area contributed by atoms with Gasteiger partial charge in [0.05, 0.1) is 30.9 Å². The summed E-state index contributed by atoms with van der Waals surface area (Å²) in [7, 11) is -4.81. The average Bonchev–Trinajstić information content (AvgIpc) is 2.89. The summed E-state index contributed by atoms with van der Waals surface area (Å²) in [6, 6.07) is 21.6. The molecule has 0 bridgehead atoms. The molecule has 0 heterocycles. The van der Waals surface area contributed by atoms with E-state index in [2.05, 4.69) is 4.52 Å². The third kappa shape index (κ3) is 9.23. The van der Waals surface area contributed by atoms with Crippen LogP contribution in [0.1, 0.15) is 29.5 Å². The average molecular weight is 554 g/mol. The van der Waals surface area contributed by atoms with Crippen LogP contribution < -0.4 is 10.5 Å². The molecule has 0 aliphatic heterocycles. The Morgan fingerprint density at radius 3 is 2.11 bits per heavy atom. The Balaban J connectivity index is 1.57. The van der Waals surface area contributed by atoms with Gasteiger partial charge in [-0.3, -0.25) is 4.52 Å². The molecule has 206 valence electrons. The Hall–Kier alpha value is -2.72. The van der Waals surface area contributed by atoms with E-state index in [4.69, 9.17) is 20.3 Å². The highest BCUT2D eigenvalue weighted by atomic mass is 31.2. The quantitative estimate of drug-likeness (QED) is 0.171. The summed E-state index contributed by atoms with van der Waals surface area (Å²) in [5.74, 6) is -0.285. The van der Waals surface area contributed by atoms with Crippen molar-refractivity contribution < 1.29 is 41.9 Å². The minimum absolute atomic E-state index is 0.0178. The van der Waals surface area contributed by atoms with Crippen molar-refractivity contribution in [2.45, 2.75) is 37.4 Å². The van der Waals surface area contributed by atoms with E-state index in [1.165, 1.54) is 12.1 Å². The second kappa shape index (κ2) is 12.9. The molecular weight excluding hydrogens is 522 g/mol. The number of alkyl halides is 3. The van der Waals surface area contributed by atoms with Crippen LogP contribution in [0, 0.1) is 0 Å². The molecule has 0 saturated heterocycles. The molecule has 0 spiro atoms. The first-order valence-electron chi connectivity index (χ1n) is 12.0. The van der Waals surface area contributed by atoms with Gasteiger partial charge in [-0.05, 0) is 60.1 Å². The minimum atomic E-state index is -4.81. The van der Waals surface area contributed by atoms with E-state index in [0.717, 1.165) is 22.8 Å². The summed E-state index contributed by atoms with van der Waals surface area (Å²) in [5, 5.41) is 9.50. The van der Waals surface area contributed by atoms with Crippen molar-refractivity contribution in [2.75, 3.05) is 19.8 Å². The van der Waals surface area contributed by atoms with Crippen molar-refractivity contribution in [2.24, 2.45) is 5.73 Å². The molecule has 3 rings (SSSR count). The minimum Gasteiger partial charge on any atom is -0.493 e. The number of hydrogen-bond acceptors (Lipinski definition) is 5. The normalized spacial score (nSPS) is 13.8. The fraction of sp³-hybridized carbons (Fsp3) is 0.333. The second-order valence-corrected chi connectivity index (χ2v) is 10.4. The zero-order valence-corrected chi connectivity index (χ0v) is 21.5. The van der Waals surface area contributed by atoms with Crippen LogP contribution >= 0.6 is 7.82 Å². The molecule has 7 nitrogen and oxygen atoms in total. The predicted molar refractivity (Wildman–Crippen MR) is 137 cm³/mol. The zero-order valence-electron chi connectivity index (χ0n) is 20.6. The van der Waals surface area contributed by atoms with Crippen molar-refractivity contribution in [3.8, 4) is 16.9 Å². The standard InChI is InChI=1S/C27H31F3NO6P/c28-27(29,30)24-17-21(14-15-26(31,18-32)19-37-38(33,34)35)10-13-25(24)36-16-4-5-20-8-11-23(12-9-20)22-6-2-1-3-7-22/h1-3,6-13,17,32H,4-5,14-16,18-19,31H2,(H2,33,34,35). The second-order valence-electron chi connectivity index (χ2n) is 9.13. The SMILES string of the molecule is NC(CO)(CCc1ccc(OCCCc2ccc(-c3ccccc3)cc2)c(C(F)(F)F)c1)COP(=O)(O)O. The lowest BCUT2D eigenvalue weighted by molar-refractivity contribution is -0.139. The molecule has 3 aromatic rings. The Labute approximate surface area is 219 Å². The van der Waals surface area contributed by atoms with Gasteiger partial charge in [-0.15, -0.1) is 0 Å². The van der Waals surface area contributed by atoms with Gasteiger partial charge in [-0.25, -0.2) is 4.57 Å². The van der Waals surface area contributed by atoms with Crippen molar-refractivity contribution in [1.29, 1.82) is 0 Å². The highest BCUT2D eigenvalue weighted by molar-refractivity contribution is 7.46. The fourth-order valence-electron chi connectivity index (χ4n) is 3.84. The first-order valence-corrected chi connectivity index (χ1v) is 13.5. The van der Waals surface area contributed by atoms with Crippen LogP contribution in [0.2, 0.25) is 0 Å². The summed E-state index contributed by atoms with van der Waals surface area (Å²) in [6.45, 7) is -1.23. The third-order valence-corrected chi connectivity index (χ3v) is 6.49. The Morgan fingerprint density at radius 2 is 1.50 bits per heavy atom. The summed E-state index contributed by atoms with van der Waals surface area (Å²) < 4.78 is 61.9. The molecule has 0 aromatic heterocycles. The number of nitrogens with two attached hydrogens (primary N) is 1. The van der Waals surface area contributed by atoms with Crippen molar-refractivity contribution in [1.82, 2.24) is 0 Å². The van der Waals surface area contributed by atoms with Gasteiger partial charge >= 0.3 is 14.0 Å². The Kier molecular flexibility index (Phi) is 10.1. The molecule has 0 saturated carbocycles. The molecule has 3 aromatic carbocycles. The van der Waals surface area contributed by atoms with Gasteiger partial charge in [0.2, 0.25) is 0 Å². The Morgan fingerprint density at radius 1 is 0.868 bits per heavy atom. The molecule has 0 radical (unpaired) electrons. The van der Waals surface area contributed by atoms with Crippen LogP contribution in [0.25, 0.3) is 11.1 Å². The van der Waals surface area contributed by atoms with Crippen molar-refractivity contribution in [3.63, 3.8) is 0 Å². The number of phosphoric acid groups is 1. The number of ether oxygens (including phenoxy) is 1. The monoisotopic (exact) mass is 553 g/mol. The van der Waals surface area contributed by atoms with E-state index in [-0.39, 0.29) is 30.8 Å². The topological polar surface area (TPSA) is 122 Å². The Bertz CT molecular complexity index is 1220. The number of aryl methyl sites for hydroxylation is 2. The zero-order chi connectivity index (χ0) is 27.8. The molecule has 5 N–H and O–H groups in total. The number of rotatable bonds is 13. The fourth-order valence-corrected chi connectivity index (χ4v) is 4.26. The largest absolute Gasteiger partial charge is 0.493 e. The van der Waals surface area contributed by atoms with Crippen LogP contribution in [0.3, 0.4) is 0 Å². The van der Waals surface area contributed by atoms with Crippen LogP contribution in [0.15, 0.2) is 72.8 Å². The lowest BCUT2D eigenvalue weighted by Gasteiger charge is -2.27. The van der Waals surface area contributed by atoms with Gasteiger partial charge in [0.15, 0.2) is 0 Å². The number of phosphoric ester groups is 1. The van der Waals surface area contributed by atoms with E-state index in [1.807, 2.05) is 54.6 Å².